The molecule has 2 rings (SSSR count). The highest BCUT2D eigenvalue weighted by Crippen LogP contribution is 2.32. The second-order valence-corrected chi connectivity index (χ2v) is 10.9. The number of sulfonamides is 1. The minimum absolute atomic E-state index is 0.0183. The van der Waals surface area contributed by atoms with Gasteiger partial charge in [0.25, 0.3) is 0 Å². The lowest BCUT2D eigenvalue weighted by atomic mass is 10.1. The molecule has 0 radical (unpaired) electrons. The zero-order valence-corrected chi connectivity index (χ0v) is 22.5. The SMILES string of the molecule is CCCNC(=O)[C@@H](C)N(Cc1ccccc1Cl)C(=O)CCCN(c1cccc(C(F)(F)F)c1)S(C)(=O)=O. The van der Waals surface area contributed by atoms with E-state index < -0.39 is 33.7 Å². The first-order chi connectivity index (χ1) is 17.3. The van der Waals surface area contributed by atoms with Gasteiger partial charge in [-0.05, 0) is 49.6 Å². The monoisotopic (exact) mass is 561 g/mol. The van der Waals surface area contributed by atoms with Crippen molar-refractivity contribution in [2.24, 2.45) is 0 Å². The molecule has 204 valence electrons. The van der Waals surface area contributed by atoms with Crippen molar-refractivity contribution in [1.29, 1.82) is 0 Å². The highest BCUT2D eigenvalue weighted by Gasteiger charge is 2.32. The number of anilines is 1. The van der Waals surface area contributed by atoms with Gasteiger partial charge in [0.1, 0.15) is 6.04 Å². The number of rotatable bonds is 12. The molecule has 0 fully saturated rings. The smallest absolute Gasteiger partial charge is 0.354 e. The van der Waals surface area contributed by atoms with Crippen LogP contribution in [0.15, 0.2) is 48.5 Å². The molecule has 0 saturated heterocycles. The number of alkyl halides is 3. The molecule has 0 bridgehead atoms. The van der Waals surface area contributed by atoms with E-state index in [0.717, 1.165) is 28.8 Å². The minimum atomic E-state index is -4.64. The van der Waals surface area contributed by atoms with E-state index in [1.807, 2.05) is 6.92 Å². The first-order valence-electron chi connectivity index (χ1n) is 11.7. The fourth-order valence-electron chi connectivity index (χ4n) is 3.63. The summed E-state index contributed by atoms with van der Waals surface area (Å²) in [5.41, 5.74) is -0.494. The largest absolute Gasteiger partial charge is 0.416 e. The third kappa shape index (κ3) is 8.92. The van der Waals surface area contributed by atoms with E-state index in [-0.39, 0.29) is 37.5 Å². The molecule has 37 heavy (non-hydrogen) atoms. The Bertz CT molecular complexity index is 1190. The maximum atomic E-state index is 13.2. The normalized spacial score (nSPS) is 12.6. The number of hydrogen-bond donors (Lipinski definition) is 1. The third-order valence-electron chi connectivity index (χ3n) is 5.63. The summed E-state index contributed by atoms with van der Waals surface area (Å²) in [4.78, 5) is 27.2. The Morgan fingerprint density at radius 1 is 1.11 bits per heavy atom. The van der Waals surface area contributed by atoms with Crippen LogP contribution in [0.2, 0.25) is 5.02 Å². The van der Waals surface area contributed by atoms with Crippen molar-refractivity contribution in [2.45, 2.75) is 51.9 Å². The van der Waals surface area contributed by atoms with Crippen LogP contribution >= 0.6 is 11.6 Å². The summed E-state index contributed by atoms with van der Waals surface area (Å²) in [6.45, 7) is 3.77. The average molecular weight is 562 g/mol. The maximum Gasteiger partial charge on any atom is 0.416 e. The van der Waals surface area contributed by atoms with Gasteiger partial charge in [0, 0.05) is 31.1 Å². The van der Waals surface area contributed by atoms with Crippen LogP contribution in [0.3, 0.4) is 0 Å². The molecular weight excluding hydrogens is 531 g/mol. The van der Waals surface area contributed by atoms with Gasteiger partial charge in [-0.15, -0.1) is 0 Å². The summed E-state index contributed by atoms with van der Waals surface area (Å²) in [6.07, 6.45) is -3.15. The first-order valence-corrected chi connectivity index (χ1v) is 13.9. The van der Waals surface area contributed by atoms with Gasteiger partial charge < -0.3 is 10.2 Å². The molecule has 0 aliphatic heterocycles. The van der Waals surface area contributed by atoms with Crippen molar-refractivity contribution in [3.63, 3.8) is 0 Å². The van der Waals surface area contributed by atoms with E-state index in [4.69, 9.17) is 11.6 Å². The summed E-state index contributed by atoms with van der Waals surface area (Å²) >= 11 is 6.26. The summed E-state index contributed by atoms with van der Waals surface area (Å²) in [5.74, 6) is -0.763. The minimum Gasteiger partial charge on any atom is -0.354 e. The summed E-state index contributed by atoms with van der Waals surface area (Å²) in [7, 11) is -3.93. The lowest BCUT2D eigenvalue weighted by Crippen LogP contribution is -2.48. The van der Waals surface area contributed by atoms with Crippen LogP contribution < -0.4 is 9.62 Å². The zero-order chi connectivity index (χ0) is 27.8. The molecule has 12 heteroatoms. The Hall–Kier alpha value is -2.79. The Morgan fingerprint density at radius 3 is 2.38 bits per heavy atom. The van der Waals surface area contributed by atoms with Crippen LogP contribution in [0.4, 0.5) is 18.9 Å². The van der Waals surface area contributed by atoms with E-state index in [1.165, 1.54) is 11.0 Å². The standard InChI is InChI=1S/C25H31ClF3N3O4S/c1-4-14-30-24(34)18(2)31(17-19-9-5-6-12-22(19)26)23(33)13-8-15-32(37(3,35)36)21-11-7-10-20(16-21)25(27,28)29/h5-7,9-12,16,18H,4,8,13-15,17H2,1-3H3,(H,30,34)/t18-/m1/s1. The lowest BCUT2D eigenvalue weighted by molar-refractivity contribution is -0.140. The summed E-state index contributed by atoms with van der Waals surface area (Å²) in [6, 6.07) is 10.1. The van der Waals surface area contributed by atoms with E-state index in [1.54, 1.807) is 31.2 Å². The molecule has 0 spiro atoms. The van der Waals surface area contributed by atoms with Crippen LogP contribution in [-0.4, -0.2) is 50.5 Å². The number of carbonyl (C=O) groups is 2. The summed E-state index contributed by atoms with van der Waals surface area (Å²) in [5, 5.41) is 3.18. The van der Waals surface area contributed by atoms with Crippen molar-refractivity contribution < 1.29 is 31.2 Å². The number of nitrogens with zero attached hydrogens (tertiary/aromatic N) is 2. The van der Waals surface area contributed by atoms with Gasteiger partial charge in [0.15, 0.2) is 0 Å². The molecule has 0 saturated carbocycles. The van der Waals surface area contributed by atoms with Crippen LogP contribution in [0.5, 0.6) is 0 Å². The van der Waals surface area contributed by atoms with Crippen LogP contribution in [0, 0.1) is 0 Å². The quantitative estimate of drug-likeness (QED) is 0.401. The number of benzene rings is 2. The Labute approximate surface area is 220 Å². The van der Waals surface area contributed by atoms with Crippen LogP contribution in [0.25, 0.3) is 0 Å². The molecule has 7 nitrogen and oxygen atoms in total. The van der Waals surface area contributed by atoms with Crippen molar-refractivity contribution in [1.82, 2.24) is 10.2 Å². The lowest BCUT2D eigenvalue weighted by Gasteiger charge is -2.29. The van der Waals surface area contributed by atoms with Crippen molar-refractivity contribution >= 4 is 39.1 Å². The van der Waals surface area contributed by atoms with Crippen molar-refractivity contribution in [3.8, 4) is 0 Å². The fraction of sp³-hybridized carbons (Fsp3) is 0.440. The summed E-state index contributed by atoms with van der Waals surface area (Å²) < 4.78 is 65.0. The van der Waals surface area contributed by atoms with Gasteiger partial charge in [-0.2, -0.15) is 13.2 Å². The van der Waals surface area contributed by atoms with Crippen molar-refractivity contribution in [3.05, 3.63) is 64.7 Å². The Balaban J connectivity index is 2.21. The highest BCUT2D eigenvalue weighted by molar-refractivity contribution is 7.92. The first kappa shape index (κ1) is 30.4. The fourth-order valence-corrected chi connectivity index (χ4v) is 4.78. The Kier molecular flexibility index (Phi) is 10.8. The molecule has 0 heterocycles. The van der Waals surface area contributed by atoms with Crippen LogP contribution in [0.1, 0.15) is 44.2 Å². The highest BCUT2D eigenvalue weighted by atomic mass is 35.5. The molecular formula is C25H31ClF3N3O4S. The molecule has 0 aromatic heterocycles. The molecule has 2 aromatic rings. The molecule has 0 unspecified atom stereocenters. The number of hydrogen-bond acceptors (Lipinski definition) is 4. The predicted molar refractivity (Wildman–Crippen MR) is 138 cm³/mol. The van der Waals surface area contributed by atoms with Gasteiger partial charge in [-0.3, -0.25) is 13.9 Å². The van der Waals surface area contributed by atoms with Gasteiger partial charge in [0.05, 0.1) is 17.5 Å². The molecule has 0 aliphatic carbocycles. The van der Waals surface area contributed by atoms with Gasteiger partial charge >= 0.3 is 6.18 Å². The second-order valence-electron chi connectivity index (χ2n) is 8.57. The number of amides is 2. The predicted octanol–water partition coefficient (Wildman–Crippen LogP) is 4.85. The average Bonchev–Trinajstić information content (AvgIpc) is 2.82. The molecule has 1 atom stereocenters. The van der Waals surface area contributed by atoms with E-state index >= 15 is 0 Å². The van der Waals surface area contributed by atoms with E-state index in [2.05, 4.69) is 5.32 Å². The van der Waals surface area contributed by atoms with Crippen LogP contribution in [-0.2, 0) is 32.3 Å². The number of nitrogens with one attached hydrogen (secondary N) is 1. The molecule has 2 aromatic carbocycles. The maximum absolute atomic E-state index is 13.2. The molecule has 0 aliphatic rings. The third-order valence-corrected chi connectivity index (χ3v) is 7.19. The number of carbonyl (C=O) groups excluding carboxylic acids is 2. The second kappa shape index (κ2) is 13.1. The molecule has 2 amide bonds. The topological polar surface area (TPSA) is 86.8 Å². The molecule has 1 N–H and O–H groups in total. The van der Waals surface area contributed by atoms with E-state index in [0.29, 0.717) is 23.6 Å². The van der Waals surface area contributed by atoms with Gasteiger partial charge in [-0.1, -0.05) is 42.8 Å². The zero-order valence-electron chi connectivity index (χ0n) is 20.9. The van der Waals surface area contributed by atoms with Gasteiger partial charge in [0.2, 0.25) is 21.8 Å². The van der Waals surface area contributed by atoms with Gasteiger partial charge in [-0.25, -0.2) is 8.42 Å². The van der Waals surface area contributed by atoms with E-state index in [9.17, 15) is 31.2 Å². The Morgan fingerprint density at radius 2 is 1.78 bits per heavy atom. The van der Waals surface area contributed by atoms with Crippen molar-refractivity contribution in [2.75, 3.05) is 23.7 Å². The number of halogens is 4.